The van der Waals surface area contributed by atoms with Crippen molar-refractivity contribution >= 4 is 10.9 Å². The van der Waals surface area contributed by atoms with Crippen molar-refractivity contribution in [1.82, 2.24) is 9.97 Å². The van der Waals surface area contributed by atoms with E-state index in [1.165, 1.54) is 19.2 Å². The molecule has 1 heterocycles. The van der Waals surface area contributed by atoms with Gasteiger partial charge >= 0.3 is 0 Å². The molecule has 0 aliphatic heterocycles. The van der Waals surface area contributed by atoms with Gasteiger partial charge in [0.25, 0.3) is 5.56 Å². The molecule has 0 bridgehead atoms. The molecule has 0 fully saturated rings. The van der Waals surface area contributed by atoms with Gasteiger partial charge in [0.15, 0.2) is 11.5 Å². The highest BCUT2D eigenvalue weighted by Gasteiger charge is 2.07. The third kappa shape index (κ3) is 1.52. The molecule has 5 heteroatoms. The Labute approximate surface area is 85.4 Å². The van der Waals surface area contributed by atoms with E-state index < -0.39 is 0 Å². The van der Waals surface area contributed by atoms with Crippen molar-refractivity contribution in [3.63, 3.8) is 0 Å². The van der Waals surface area contributed by atoms with Gasteiger partial charge in [-0.25, -0.2) is 4.98 Å². The van der Waals surface area contributed by atoms with Gasteiger partial charge < -0.3 is 14.8 Å². The minimum atomic E-state index is -0.268. The Morgan fingerprint density at radius 3 is 2.87 bits per heavy atom. The number of benzene rings is 1. The van der Waals surface area contributed by atoms with Crippen molar-refractivity contribution in [2.45, 2.75) is 6.92 Å². The number of phenolic OH excluding ortho intramolecular Hbond substituents is 1. The van der Waals surface area contributed by atoms with Crippen molar-refractivity contribution in [3.8, 4) is 11.5 Å². The Morgan fingerprint density at radius 1 is 1.47 bits per heavy atom. The SMILES string of the molecule is COc1cc2nc(C)[nH]c(=O)c2cc1O. The van der Waals surface area contributed by atoms with Crippen LogP contribution in [0.5, 0.6) is 11.5 Å². The summed E-state index contributed by atoms with van der Waals surface area (Å²) in [5.41, 5.74) is 0.237. The second-order valence-electron chi connectivity index (χ2n) is 3.19. The van der Waals surface area contributed by atoms with E-state index in [9.17, 15) is 9.90 Å². The van der Waals surface area contributed by atoms with E-state index in [1.807, 2.05) is 0 Å². The van der Waals surface area contributed by atoms with E-state index in [2.05, 4.69) is 9.97 Å². The molecular formula is C10H10N2O3. The minimum absolute atomic E-state index is 0.0684. The number of aromatic hydroxyl groups is 1. The van der Waals surface area contributed by atoms with Crippen molar-refractivity contribution in [1.29, 1.82) is 0 Å². The molecule has 0 aliphatic carbocycles. The molecule has 0 saturated carbocycles. The molecule has 2 aromatic rings. The Hall–Kier alpha value is -2.04. The van der Waals surface area contributed by atoms with E-state index >= 15 is 0 Å². The van der Waals surface area contributed by atoms with Crippen molar-refractivity contribution < 1.29 is 9.84 Å². The lowest BCUT2D eigenvalue weighted by Crippen LogP contribution is -2.09. The summed E-state index contributed by atoms with van der Waals surface area (Å²) in [6, 6.07) is 2.88. The van der Waals surface area contributed by atoms with Crippen LogP contribution >= 0.6 is 0 Å². The first-order valence-electron chi connectivity index (χ1n) is 4.39. The highest BCUT2D eigenvalue weighted by molar-refractivity contribution is 5.81. The monoisotopic (exact) mass is 206 g/mol. The predicted molar refractivity (Wildman–Crippen MR) is 55.3 cm³/mol. The number of rotatable bonds is 1. The lowest BCUT2D eigenvalue weighted by molar-refractivity contribution is 0.374. The summed E-state index contributed by atoms with van der Waals surface area (Å²) in [5.74, 6) is 0.765. The molecule has 1 aromatic heterocycles. The number of aromatic nitrogens is 2. The van der Waals surface area contributed by atoms with Gasteiger partial charge in [0, 0.05) is 6.07 Å². The maximum Gasteiger partial charge on any atom is 0.258 e. The molecule has 78 valence electrons. The van der Waals surface area contributed by atoms with Gasteiger partial charge in [-0.2, -0.15) is 0 Å². The van der Waals surface area contributed by atoms with Crippen LogP contribution in [0.1, 0.15) is 5.82 Å². The van der Waals surface area contributed by atoms with Gasteiger partial charge in [-0.05, 0) is 13.0 Å². The van der Waals surface area contributed by atoms with E-state index in [0.29, 0.717) is 22.5 Å². The zero-order valence-electron chi connectivity index (χ0n) is 8.37. The number of methoxy groups -OCH3 is 1. The number of nitrogens with one attached hydrogen (secondary N) is 1. The Morgan fingerprint density at radius 2 is 2.20 bits per heavy atom. The summed E-state index contributed by atoms with van der Waals surface area (Å²) in [5, 5.41) is 9.84. The van der Waals surface area contributed by atoms with Gasteiger partial charge in [-0.1, -0.05) is 0 Å². The van der Waals surface area contributed by atoms with Crippen LogP contribution in [0.25, 0.3) is 10.9 Å². The van der Waals surface area contributed by atoms with Crippen LogP contribution in [0.4, 0.5) is 0 Å². The Balaban J connectivity index is 2.87. The number of phenols is 1. The number of fused-ring (bicyclic) bond motifs is 1. The van der Waals surface area contributed by atoms with E-state index in [4.69, 9.17) is 4.74 Å². The van der Waals surface area contributed by atoms with Crippen LogP contribution in [0, 0.1) is 6.92 Å². The molecule has 0 atom stereocenters. The number of aromatic amines is 1. The molecule has 0 unspecified atom stereocenters. The maximum atomic E-state index is 11.5. The average molecular weight is 206 g/mol. The zero-order chi connectivity index (χ0) is 11.0. The fraction of sp³-hybridized carbons (Fsp3) is 0.200. The normalized spacial score (nSPS) is 10.5. The maximum absolute atomic E-state index is 11.5. The largest absolute Gasteiger partial charge is 0.504 e. The van der Waals surface area contributed by atoms with Crippen molar-refractivity contribution in [3.05, 3.63) is 28.3 Å². The third-order valence-corrected chi connectivity index (χ3v) is 2.12. The molecule has 15 heavy (non-hydrogen) atoms. The van der Waals surface area contributed by atoms with Crippen LogP contribution in [0.2, 0.25) is 0 Å². The summed E-state index contributed by atoms with van der Waals surface area (Å²) >= 11 is 0. The standard InChI is InChI=1S/C10H10N2O3/c1-5-11-7-4-9(15-2)8(13)3-6(7)10(14)12-5/h3-4,13H,1-2H3,(H,11,12,14). The van der Waals surface area contributed by atoms with Gasteiger partial charge in [-0.15, -0.1) is 0 Å². The molecule has 0 radical (unpaired) electrons. The third-order valence-electron chi connectivity index (χ3n) is 2.12. The Bertz CT molecular complexity index is 575. The lowest BCUT2D eigenvalue weighted by Gasteiger charge is -2.04. The van der Waals surface area contributed by atoms with Gasteiger partial charge in [0.2, 0.25) is 0 Å². The summed E-state index contributed by atoms with van der Waals surface area (Å²) in [7, 11) is 1.45. The summed E-state index contributed by atoms with van der Waals surface area (Å²) in [6.45, 7) is 1.69. The van der Waals surface area contributed by atoms with Gasteiger partial charge in [0.05, 0.1) is 18.0 Å². The molecule has 0 aliphatic rings. The zero-order valence-corrected chi connectivity index (χ0v) is 8.37. The average Bonchev–Trinajstić information content (AvgIpc) is 2.18. The molecule has 2 N–H and O–H groups in total. The topological polar surface area (TPSA) is 75.2 Å². The fourth-order valence-electron chi connectivity index (χ4n) is 1.44. The number of nitrogens with zero attached hydrogens (tertiary/aromatic N) is 1. The summed E-state index contributed by atoms with van der Waals surface area (Å²) in [4.78, 5) is 18.2. The van der Waals surface area contributed by atoms with E-state index in [0.717, 1.165) is 0 Å². The summed E-state index contributed by atoms with van der Waals surface area (Å²) < 4.78 is 4.93. The number of ether oxygens (including phenoxy) is 1. The second-order valence-corrected chi connectivity index (χ2v) is 3.19. The fourth-order valence-corrected chi connectivity index (χ4v) is 1.44. The van der Waals surface area contributed by atoms with E-state index in [1.54, 1.807) is 6.92 Å². The van der Waals surface area contributed by atoms with E-state index in [-0.39, 0.29) is 11.3 Å². The van der Waals surface area contributed by atoms with Crippen LogP contribution < -0.4 is 10.3 Å². The predicted octanol–water partition coefficient (Wildman–Crippen LogP) is 0.946. The first kappa shape index (κ1) is 9.51. The van der Waals surface area contributed by atoms with Crippen LogP contribution in [-0.2, 0) is 0 Å². The van der Waals surface area contributed by atoms with Gasteiger partial charge in [0.1, 0.15) is 5.82 Å². The minimum Gasteiger partial charge on any atom is -0.504 e. The first-order valence-corrected chi connectivity index (χ1v) is 4.39. The van der Waals surface area contributed by atoms with Crippen LogP contribution in [-0.4, -0.2) is 22.2 Å². The molecule has 0 spiro atoms. The molecule has 0 amide bonds. The second kappa shape index (κ2) is 3.27. The number of H-pyrrole nitrogens is 1. The van der Waals surface area contributed by atoms with Crippen molar-refractivity contribution in [2.24, 2.45) is 0 Å². The highest BCUT2D eigenvalue weighted by Crippen LogP contribution is 2.28. The van der Waals surface area contributed by atoms with Gasteiger partial charge in [-0.3, -0.25) is 4.79 Å². The highest BCUT2D eigenvalue weighted by atomic mass is 16.5. The van der Waals surface area contributed by atoms with Crippen LogP contribution in [0.15, 0.2) is 16.9 Å². The molecule has 5 nitrogen and oxygen atoms in total. The molecule has 1 aromatic carbocycles. The van der Waals surface area contributed by atoms with Crippen LogP contribution in [0.3, 0.4) is 0 Å². The molecule has 2 rings (SSSR count). The lowest BCUT2D eigenvalue weighted by atomic mass is 10.2. The molecular weight excluding hydrogens is 196 g/mol. The van der Waals surface area contributed by atoms with Crippen molar-refractivity contribution in [2.75, 3.05) is 7.11 Å². The quantitative estimate of drug-likeness (QED) is 0.728. The first-order chi connectivity index (χ1) is 7.11. The smallest absolute Gasteiger partial charge is 0.258 e. The molecule has 0 saturated heterocycles. The summed E-state index contributed by atoms with van der Waals surface area (Å²) in [6.07, 6.45) is 0. The number of hydrogen-bond acceptors (Lipinski definition) is 4. The number of hydrogen-bond donors (Lipinski definition) is 2. The number of aryl methyl sites for hydroxylation is 1. The Kier molecular flexibility index (Phi) is 2.07.